The highest BCUT2D eigenvalue weighted by Crippen LogP contribution is 2.38. The maximum absolute atomic E-state index is 9.30. The maximum atomic E-state index is 9.30. The molecule has 1 aromatic carbocycles. The van der Waals surface area contributed by atoms with Crippen LogP contribution in [0.25, 0.3) is 0 Å². The van der Waals surface area contributed by atoms with Crippen molar-refractivity contribution in [3.63, 3.8) is 0 Å². The largest absolute Gasteiger partial charge is 0.317 e. The summed E-state index contributed by atoms with van der Waals surface area (Å²) in [6.45, 7) is 1.90. The number of thioether (sulfide) groups is 1. The van der Waals surface area contributed by atoms with Crippen molar-refractivity contribution in [2.75, 3.05) is 13.1 Å². The molecule has 0 radical (unpaired) electrons. The molecule has 0 unspecified atom stereocenters. The van der Waals surface area contributed by atoms with Gasteiger partial charge in [-0.15, -0.1) is 11.8 Å². The Morgan fingerprint density at radius 3 is 2.47 bits per heavy atom. The summed E-state index contributed by atoms with van der Waals surface area (Å²) in [6.07, 6.45) is 1.87. The Labute approximate surface area is 94.7 Å². The Kier molecular flexibility index (Phi) is 3.30. The topological polar surface area (TPSA) is 35.8 Å². The fraction of sp³-hybridized carbons (Fsp3) is 0.417. The third-order valence-corrected chi connectivity index (χ3v) is 4.07. The van der Waals surface area contributed by atoms with E-state index in [0.717, 1.165) is 25.9 Å². The van der Waals surface area contributed by atoms with E-state index in [1.54, 1.807) is 11.8 Å². The highest BCUT2D eigenvalue weighted by molar-refractivity contribution is 8.01. The smallest absolute Gasteiger partial charge is 0.109 e. The molecule has 0 amide bonds. The molecule has 1 fully saturated rings. The second-order valence-electron chi connectivity index (χ2n) is 3.77. The predicted octanol–water partition coefficient (Wildman–Crippen LogP) is 2.42. The van der Waals surface area contributed by atoms with Crippen LogP contribution < -0.4 is 5.32 Å². The number of rotatable bonds is 2. The Morgan fingerprint density at radius 2 is 1.87 bits per heavy atom. The fourth-order valence-electron chi connectivity index (χ4n) is 1.78. The Hall–Kier alpha value is -0.980. The van der Waals surface area contributed by atoms with Gasteiger partial charge in [0, 0.05) is 4.90 Å². The summed E-state index contributed by atoms with van der Waals surface area (Å²) in [5.41, 5.74) is 0. The van der Waals surface area contributed by atoms with E-state index >= 15 is 0 Å². The average Bonchev–Trinajstić information content (AvgIpc) is 2.32. The van der Waals surface area contributed by atoms with Gasteiger partial charge in [0.25, 0.3) is 0 Å². The summed E-state index contributed by atoms with van der Waals surface area (Å²) in [7, 11) is 0. The molecule has 1 aromatic rings. The van der Waals surface area contributed by atoms with Crippen molar-refractivity contribution in [2.24, 2.45) is 0 Å². The minimum absolute atomic E-state index is 0.216. The highest BCUT2D eigenvalue weighted by atomic mass is 32.2. The summed E-state index contributed by atoms with van der Waals surface area (Å²) in [5, 5.41) is 12.6. The molecule has 2 rings (SSSR count). The monoisotopic (exact) mass is 218 g/mol. The Bertz CT molecular complexity index is 350. The number of nitrogens with one attached hydrogen (secondary N) is 1. The van der Waals surface area contributed by atoms with Gasteiger partial charge < -0.3 is 5.32 Å². The Morgan fingerprint density at radius 1 is 1.20 bits per heavy atom. The second kappa shape index (κ2) is 4.69. The van der Waals surface area contributed by atoms with Crippen molar-refractivity contribution in [1.29, 1.82) is 5.26 Å². The molecule has 0 saturated carbocycles. The van der Waals surface area contributed by atoms with Gasteiger partial charge in [-0.3, -0.25) is 0 Å². The van der Waals surface area contributed by atoms with E-state index in [-0.39, 0.29) is 4.75 Å². The molecule has 1 aliphatic rings. The van der Waals surface area contributed by atoms with Crippen molar-refractivity contribution >= 4 is 11.8 Å². The van der Waals surface area contributed by atoms with Gasteiger partial charge in [0.1, 0.15) is 4.75 Å². The van der Waals surface area contributed by atoms with E-state index < -0.39 is 0 Å². The van der Waals surface area contributed by atoms with E-state index in [1.165, 1.54) is 4.90 Å². The van der Waals surface area contributed by atoms with Crippen LogP contribution in [0.1, 0.15) is 12.8 Å². The number of hydrogen-bond donors (Lipinski definition) is 1. The standard InChI is InChI=1S/C12H14N2S/c13-10-12(6-8-14-9-7-12)15-11-4-2-1-3-5-11/h1-5,14H,6-9H2. The molecule has 1 saturated heterocycles. The molecule has 1 N–H and O–H groups in total. The van der Waals surface area contributed by atoms with Gasteiger partial charge in [-0.2, -0.15) is 5.26 Å². The number of nitriles is 1. The molecule has 1 aliphatic heterocycles. The molecule has 1 heterocycles. The molecule has 0 spiro atoms. The first-order valence-corrected chi connectivity index (χ1v) is 6.02. The van der Waals surface area contributed by atoms with E-state index in [4.69, 9.17) is 0 Å². The van der Waals surface area contributed by atoms with Crippen molar-refractivity contribution in [3.05, 3.63) is 30.3 Å². The molecule has 15 heavy (non-hydrogen) atoms. The molecule has 0 bridgehead atoms. The first-order chi connectivity index (χ1) is 7.35. The van der Waals surface area contributed by atoms with Gasteiger partial charge in [-0.25, -0.2) is 0 Å². The van der Waals surface area contributed by atoms with Crippen LogP contribution in [0.4, 0.5) is 0 Å². The van der Waals surface area contributed by atoms with Gasteiger partial charge in [0.05, 0.1) is 6.07 Å². The second-order valence-corrected chi connectivity index (χ2v) is 5.23. The van der Waals surface area contributed by atoms with Gasteiger partial charge in [0.2, 0.25) is 0 Å². The third-order valence-electron chi connectivity index (χ3n) is 2.67. The lowest BCUT2D eigenvalue weighted by atomic mass is 9.99. The fourth-order valence-corrected chi connectivity index (χ4v) is 2.98. The molecular weight excluding hydrogens is 204 g/mol. The van der Waals surface area contributed by atoms with Crippen LogP contribution in [0.2, 0.25) is 0 Å². The van der Waals surface area contributed by atoms with E-state index in [0.29, 0.717) is 0 Å². The summed E-state index contributed by atoms with van der Waals surface area (Å²) < 4.78 is -0.216. The zero-order valence-corrected chi connectivity index (χ0v) is 9.39. The summed E-state index contributed by atoms with van der Waals surface area (Å²) >= 11 is 1.71. The Balaban J connectivity index is 2.12. The number of hydrogen-bond acceptors (Lipinski definition) is 3. The summed E-state index contributed by atoms with van der Waals surface area (Å²) in [5.74, 6) is 0. The number of piperidine rings is 1. The lowest BCUT2D eigenvalue weighted by Crippen LogP contribution is -2.38. The first-order valence-electron chi connectivity index (χ1n) is 5.21. The summed E-state index contributed by atoms with van der Waals surface area (Å²) in [4.78, 5) is 1.20. The van der Waals surface area contributed by atoms with Gasteiger partial charge in [-0.1, -0.05) is 18.2 Å². The predicted molar refractivity (Wildman–Crippen MR) is 62.7 cm³/mol. The van der Waals surface area contributed by atoms with Gasteiger partial charge in [0.15, 0.2) is 0 Å². The number of benzene rings is 1. The minimum atomic E-state index is -0.216. The summed E-state index contributed by atoms with van der Waals surface area (Å²) in [6, 6.07) is 12.7. The third kappa shape index (κ3) is 2.53. The molecule has 2 nitrogen and oxygen atoms in total. The van der Waals surface area contributed by atoms with Gasteiger partial charge >= 0.3 is 0 Å². The molecule has 0 aliphatic carbocycles. The zero-order valence-electron chi connectivity index (χ0n) is 8.57. The van der Waals surface area contributed by atoms with Crippen LogP contribution in [-0.2, 0) is 0 Å². The average molecular weight is 218 g/mol. The lowest BCUT2D eigenvalue weighted by Gasteiger charge is -2.30. The quantitative estimate of drug-likeness (QED) is 0.828. The van der Waals surface area contributed by atoms with Crippen LogP contribution in [0.15, 0.2) is 35.2 Å². The molecule has 0 atom stereocenters. The van der Waals surface area contributed by atoms with Crippen LogP contribution in [0, 0.1) is 11.3 Å². The van der Waals surface area contributed by atoms with Crippen molar-refractivity contribution in [3.8, 4) is 6.07 Å². The van der Waals surface area contributed by atoms with Crippen molar-refractivity contribution < 1.29 is 0 Å². The van der Waals surface area contributed by atoms with E-state index in [1.807, 2.05) is 18.2 Å². The SMILES string of the molecule is N#CC1(Sc2ccccc2)CCNCC1. The van der Waals surface area contributed by atoms with E-state index in [2.05, 4.69) is 23.5 Å². The number of nitrogens with zero attached hydrogens (tertiary/aromatic N) is 1. The van der Waals surface area contributed by atoms with Crippen molar-refractivity contribution in [1.82, 2.24) is 5.32 Å². The van der Waals surface area contributed by atoms with Crippen LogP contribution >= 0.6 is 11.8 Å². The molecule has 78 valence electrons. The molecular formula is C12H14N2S. The van der Waals surface area contributed by atoms with Gasteiger partial charge in [-0.05, 0) is 38.1 Å². The van der Waals surface area contributed by atoms with Crippen LogP contribution in [0.3, 0.4) is 0 Å². The van der Waals surface area contributed by atoms with Crippen LogP contribution in [0.5, 0.6) is 0 Å². The maximum Gasteiger partial charge on any atom is 0.109 e. The molecule has 0 aromatic heterocycles. The highest BCUT2D eigenvalue weighted by Gasteiger charge is 2.32. The first kappa shape index (κ1) is 10.5. The zero-order chi connectivity index (χ0) is 10.6. The normalized spacial score (nSPS) is 19.4. The minimum Gasteiger partial charge on any atom is -0.317 e. The molecule has 3 heteroatoms. The van der Waals surface area contributed by atoms with Crippen molar-refractivity contribution in [2.45, 2.75) is 22.5 Å². The lowest BCUT2D eigenvalue weighted by molar-refractivity contribution is 0.476. The van der Waals surface area contributed by atoms with Crippen LogP contribution in [-0.4, -0.2) is 17.8 Å². The van der Waals surface area contributed by atoms with E-state index in [9.17, 15) is 5.26 Å².